The fourth-order valence-corrected chi connectivity index (χ4v) is 4.13. The largest absolute Gasteiger partial charge is 0.379 e. The van der Waals surface area contributed by atoms with E-state index in [0.29, 0.717) is 18.9 Å². The molecule has 144 valence electrons. The molecule has 1 fully saturated rings. The number of carbonyl (C=O) groups is 2. The predicted molar refractivity (Wildman–Crippen MR) is 103 cm³/mol. The molecule has 3 heterocycles. The van der Waals surface area contributed by atoms with Gasteiger partial charge in [0, 0.05) is 30.2 Å². The van der Waals surface area contributed by atoms with Gasteiger partial charge < -0.3 is 15.4 Å². The molecule has 7 nitrogen and oxygen atoms in total. The highest BCUT2D eigenvalue weighted by Gasteiger charge is 2.30. The Labute approximate surface area is 162 Å². The van der Waals surface area contributed by atoms with E-state index in [-0.39, 0.29) is 18.6 Å². The van der Waals surface area contributed by atoms with Crippen molar-refractivity contribution in [2.75, 3.05) is 26.3 Å². The maximum Gasteiger partial charge on any atom is 0.309 e. The fourth-order valence-electron chi connectivity index (χ4n) is 3.16. The lowest BCUT2D eigenvalue weighted by Crippen LogP contribution is -2.51. The van der Waals surface area contributed by atoms with E-state index in [9.17, 15) is 9.59 Å². The van der Waals surface area contributed by atoms with E-state index in [2.05, 4.69) is 26.6 Å². The summed E-state index contributed by atoms with van der Waals surface area (Å²) in [4.78, 5) is 32.1. The van der Waals surface area contributed by atoms with Crippen LogP contribution in [-0.2, 0) is 20.9 Å². The minimum absolute atomic E-state index is 0.0152. The van der Waals surface area contributed by atoms with Gasteiger partial charge in [0.1, 0.15) is 0 Å². The van der Waals surface area contributed by atoms with Crippen molar-refractivity contribution in [2.24, 2.45) is 0 Å². The average molecular weight is 388 g/mol. The van der Waals surface area contributed by atoms with E-state index in [4.69, 9.17) is 4.74 Å². The Morgan fingerprint density at radius 3 is 2.70 bits per heavy atom. The number of carbonyl (C=O) groups excluding carboxylic acids is 2. The van der Waals surface area contributed by atoms with Crippen molar-refractivity contribution in [3.8, 4) is 0 Å². The number of rotatable bonds is 6. The standard InChI is InChI=1S/C19H24N4O3S/c1-14(17(16-6-4-12-27-16)23-8-10-26-11-9-23)22-19(25)18(24)21-13-15-5-2-3-7-20-15/h2-7,12,14,17H,8-11,13H2,1H3,(H,21,24)(H,22,25)/t14-,17+/m0/s1. The molecule has 2 atom stereocenters. The van der Waals surface area contributed by atoms with Crippen LogP contribution in [0.2, 0.25) is 0 Å². The second kappa shape index (κ2) is 9.59. The van der Waals surface area contributed by atoms with Gasteiger partial charge in [-0.3, -0.25) is 19.5 Å². The van der Waals surface area contributed by atoms with E-state index in [0.717, 1.165) is 13.1 Å². The normalized spacial score (nSPS) is 17.1. The van der Waals surface area contributed by atoms with Crippen LogP contribution >= 0.6 is 11.3 Å². The molecule has 0 bridgehead atoms. The van der Waals surface area contributed by atoms with Gasteiger partial charge in [0.05, 0.1) is 31.5 Å². The van der Waals surface area contributed by atoms with Gasteiger partial charge in [-0.15, -0.1) is 11.3 Å². The van der Waals surface area contributed by atoms with Crippen LogP contribution in [0.5, 0.6) is 0 Å². The Morgan fingerprint density at radius 1 is 1.22 bits per heavy atom. The van der Waals surface area contributed by atoms with Gasteiger partial charge >= 0.3 is 11.8 Å². The molecule has 0 aromatic carbocycles. The topological polar surface area (TPSA) is 83.6 Å². The zero-order valence-electron chi connectivity index (χ0n) is 15.3. The number of hydrogen-bond acceptors (Lipinski definition) is 6. The van der Waals surface area contributed by atoms with E-state index >= 15 is 0 Å². The Bertz CT molecular complexity index is 733. The minimum atomic E-state index is -0.653. The fraction of sp³-hybridized carbons (Fsp3) is 0.421. The number of amides is 2. The average Bonchev–Trinajstić information content (AvgIpc) is 3.22. The van der Waals surface area contributed by atoms with Crippen LogP contribution in [0, 0.1) is 0 Å². The molecular weight excluding hydrogens is 364 g/mol. The van der Waals surface area contributed by atoms with Crippen molar-refractivity contribution in [3.63, 3.8) is 0 Å². The first-order valence-corrected chi connectivity index (χ1v) is 9.87. The molecule has 0 unspecified atom stereocenters. The van der Waals surface area contributed by atoms with Crippen molar-refractivity contribution >= 4 is 23.2 Å². The van der Waals surface area contributed by atoms with Gasteiger partial charge in [0.2, 0.25) is 0 Å². The lowest BCUT2D eigenvalue weighted by molar-refractivity contribution is -0.140. The second-order valence-electron chi connectivity index (χ2n) is 6.37. The molecule has 2 aromatic heterocycles. The summed E-state index contributed by atoms with van der Waals surface area (Å²) in [6.07, 6.45) is 1.65. The van der Waals surface area contributed by atoms with Crippen LogP contribution in [0.3, 0.4) is 0 Å². The lowest BCUT2D eigenvalue weighted by atomic mass is 10.1. The van der Waals surface area contributed by atoms with Crippen molar-refractivity contribution < 1.29 is 14.3 Å². The summed E-state index contributed by atoms with van der Waals surface area (Å²) in [5.41, 5.74) is 0.705. The quantitative estimate of drug-likeness (QED) is 0.730. The third-order valence-corrected chi connectivity index (χ3v) is 5.41. The van der Waals surface area contributed by atoms with Crippen molar-refractivity contribution in [1.29, 1.82) is 0 Å². The molecule has 8 heteroatoms. The van der Waals surface area contributed by atoms with Crippen LogP contribution in [0.4, 0.5) is 0 Å². The number of pyridine rings is 1. The number of thiophene rings is 1. The first-order valence-electron chi connectivity index (χ1n) is 8.99. The molecular formula is C19H24N4O3S. The number of nitrogens with one attached hydrogen (secondary N) is 2. The Morgan fingerprint density at radius 2 is 2.04 bits per heavy atom. The molecule has 0 spiro atoms. The van der Waals surface area contributed by atoms with Gasteiger partial charge in [-0.1, -0.05) is 12.1 Å². The molecule has 2 N–H and O–H groups in total. The number of ether oxygens (including phenoxy) is 1. The highest BCUT2D eigenvalue weighted by atomic mass is 32.1. The van der Waals surface area contributed by atoms with E-state index < -0.39 is 11.8 Å². The lowest BCUT2D eigenvalue weighted by Gasteiger charge is -2.37. The van der Waals surface area contributed by atoms with Crippen LogP contribution in [0.1, 0.15) is 23.5 Å². The van der Waals surface area contributed by atoms with Gasteiger partial charge in [-0.25, -0.2) is 0 Å². The predicted octanol–water partition coefficient (Wildman–Crippen LogP) is 1.34. The molecule has 1 saturated heterocycles. The molecule has 27 heavy (non-hydrogen) atoms. The van der Waals surface area contributed by atoms with Crippen molar-refractivity contribution in [3.05, 3.63) is 52.5 Å². The molecule has 0 aliphatic carbocycles. The zero-order chi connectivity index (χ0) is 19.1. The number of nitrogens with zero attached hydrogens (tertiary/aromatic N) is 2. The van der Waals surface area contributed by atoms with E-state index in [1.807, 2.05) is 24.4 Å². The Balaban J connectivity index is 1.59. The Hall–Kier alpha value is -2.29. The third kappa shape index (κ3) is 5.35. The maximum atomic E-state index is 12.3. The summed E-state index contributed by atoms with van der Waals surface area (Å²) in [6.45, 7) is 5.10. The molecule has 0 radical (unpaired) electrons. The summed E-state index contributed by atoms with van der Waals surface area (Å²) in [5.74, 6) is -1.28. The summed E-state index contributed by atoms with van der Waals surface area (Å²) >= 11 is 1.65. The first kappa shape index (κ1) is 19.5. The van der Waals surface area contributed by atoms with Crippen LogP contribution in [0.15, 0.2) is 41.9 Å². The molecule has 1 aliphatic rings. The minimum Gasteiger partial charge on any atom is -0.379 e. The molecule has 1 aliphatic heterocycles. The Kier molecular flexibility index (Phi) is 6.92. The monoisotopic (exact) mass is 388 g/mol. The van der Waals surface area contributed by atoms with E-state index in [1.54, 1.807) is 29.7 Å². The van der Waals surface area contributed by atoms with Crippen LogP contribution in [0.25, 0.3) is 0 Å². The highest BCUT2D eigenvalue weighted by Crippen LogP contribution is 2.29. The maximum absolute atomic E-state index is 12.3. The van der Waals surface area contributed by atoms with E-state index in [1.165, 1.54) is 4.88 Å². The SMILES string of the molecule is C[C@H](NC(=O)C(=O)NCc1ccccn1)[C@H](c1cccs1)N1CCOCC1. The first-order chi connectivity index (χ1) is 13.1. The van der Waals surface area contributed by atoms with Crippen LogP contribution < -0.4 is 10.6 Å². The number of aromatic nitrogens is 1. The number of morpholine rings is 1. The van der Waals surface area contributed by atoms with Crippen LogP contribution in [-0.4, -0.2) is 54.0 Å². The summed E-state index contributed by atoms with van der Waals surface area (Å²) in [6, 6.07) is 9.30. The molecule has 0 saturated carbocycles. The molecule has 3 rings (SSSR count). The second-order valence-corrected chi connectivity index (χ2v) is 7.35. The molecule has 2 aromatic rings. The van der Waals surface area contributed by atoms with Gasteiger partial charge in [-0.2, -0.15) is 0 Å². The zero-order valence-corrected chi connectivity index (χ0v) is 16.1. The summed E-state index contributed by atoms with van der Waals surface area (Å²) in [5, 5.41) is 7.49. The number of hydrogen-bond donors (Lipinski definition) is 2. The smallest absolute Gasteiger partial charge is 0.309 e. The highest BCUT2D eigenvalue weighted by molar-refractivity contribution is 7.10. The summed E-state index contributed by atoms with van der Waals surface area (Å²) < 4.78 is 5.44. The third-order valence-electron chi connectivity index (χ3n) is 4.47. The summed E-state index contributed by atoms with van der Waals surface area (Å²) in [7, 11) is 0. The molecule has 2 amide bonds. The van der Waals surface area contributed by atoms with Gasteiger partial charge in [0.25, 0.3) is 0 Å². The van der Waals surface area contributed by atoms with Crippen molar-refractivity contribution in [1.82, 2.24) is 20.5 Å². The van der Waals surface area contributed by atoms with Gasteiger partial charge in [0.15, 0.2) is 0 Å². The van der Waals surface area contributed by atoms with Gasteiger partial charge in [-0.05, 0) is 30.5 Å². The van der Waals surface area contributed by atoms with Crippen molar-refractivity contribution in [2.45, 2.75) is 25.6 Å².